The molecule has 0 saturated heterocycles. The molecule has 0 N–H and O–H groups in total. The smallest absolute Gasteiger partial charge is 0.266 e. The van der Waals surface area contributed by atoms with Crippen molar-refractivity contribution in [1.29, 1.82) is 0 Å². The molecule has 1 amide bonds. The summed E-state index contributed by atoms with van der Waals surface area (Å²) in [5.41, 5.74) is 0.833. The van der Waals surface area contributed by atoms with Crippen molar-refractivity contribution < 1.29 is 9.53 Å². The molecule has 0 atom stereocenters. The number of amides is 1. The molecule has 0 saturated carbocycles. The second-order valence-corrected chi connectivity index (χ2v) is 6.35. The summed E-state index contributed by atoms with van der Waals surface area (Å²) in [4.78, 5) is 18.6. The fourth-order valence-electron chi connectivity index (χ4n) is 2.36. The normalized spacial score (nSPS) is 10.4. The van der Waals surface area contributed by atoms with Crippen LogP contribution in [-0.4, -0.2) is 17.5 Å². The summed E-state index contributed by atoms with van der Waals surface area (Å²) in [5.74, 6) is 0.886. The Morgan fingerprint density at radius 3 is 2.38 bits per heavy atom. The minimum atomic E-state index is -0.224. The van der Waals surface area contributed by atoms with Gasteiger partial charge in [0.25, 0.3) is 5.91 Å². The first kappa shape index (κ1) is 18.2. The maximum atomic E-state index is 12.8. The summed E-state index contributed by atoms with van der Waals surface area (Å²) < 4.78 is 5.58. The number of aromatic nitrogens is 1. The van der Waals surface area contributed by atoms with Gasteiger partial charge < -0.3 is 4.74 Å². The van der Waals surface area contributed by atoms with Gasteiger partial charge in [0.1, 0.15) is 11.6 Å². The van der Waals surface area contributed by atoms with Gasteiger partial charge in [0.2, 0.25) is 0 Å². The number of hydrogen-bond acceptors (Lipinski definition) is 3. The number of hydrogen-bond donors (Lipinski definition) is 0. The van der Waals surface area contributed by atoms with Crippen LogP contribution in [0.25, 0.3) is 0 Å². The van der Waals surface area contributed by atoms with Crippen LogP contribution in [0.3, 0.4) is 0 Å². The van der Waals surface area contributed by atoms with Gasteiger partial charge in [-0.1, -0.05) is 47.5 Å². The molecule has 26 heavy (non-hydrogen) atoms. The lowest BCUT2D eigenvalue weighted by Gasteiger charge is -2.22. The van der Waals surface area contributed by atoms with Gasteiger partial charge in [-0.3, -0.25) is 9.69 Å². The molecule has 0 fully saturated rings. The molecule has 0 aliphatic carbocycles. The standard InChI is InChI=1S/C20H16Cl2N2O2/c21-16-8-10-17(11-9-16)26-14-20(25)24(19-7-3-4-12-23-19)13-15-5-1-2-6-18(15)22/h1-12H,13-14H2. The highest BCUT2D eigenvalue weighted by atomic mass is 35.5. The highest BCUT2D eigenvalue weighted by Crippen LogP contribution is 2.21. The molecule has 0 aliphatic rings. The molecule has 3 rings (SSSR count). The minimum absolute atomic E-state index is 0.122. The zero-order valence-electron chi connectivity index (χ0n) is 13.8. The fraction of sp³-hybridized carbons (Fsp3) is 0.100. The summed E-state index contributed by atoms with van der Waals surface area (Å²) in [7, 11) is 0. The Morgan fingerprint density at radius 1 is 0.962 bits per heavy atom. The third kappa shape index (κ3) is 4.75. The molecule has 0 unspecified atom stereocenters. The van der Waals surface area contributed by atoms with E-state index in [1.54, 1.807) is 53.6 Å². The summed E-state index contributed by atoms with van der Waals surface area (Å²) >= 11 is 12.1. The predicted octanol–water partition coefficient (Wildman–Crippen LogP) is 5.00. The van der Waals surface area contributed by atoms with Gasteiger partial charge in [0.15, 0.2) is 6.61 Å². The molecule has 1 heterocycles. The van der Waals surface area contributed by atoms with Crippen LogP contribution < -0.4 is 9.64 Å². The molecule has 0 spiro atoms. The highest BCUT2D eigenvalue weighted by Gasteiger charge is 2.19. The van der Waals surface area contributed by atoms with E-state index in [-0.39, 0.29) is 12.5 Å². The van der Waals surface area contributed by atoms with Gasteiger partial charge >= 0.3 is 0 Å². The molecule has 6 heteroatoms. The van der Waals surface area contributed by atoms with Crippen molar-refractivity contribution >= 4 is 34.9 Å². The predicted molar refractivity (Wildman–Crippen MR) is 104 cm³/mol. The number of halogens is 2. The van der Waals surface area contributed by atoms with Crippen molar-refractivity contribution in [2.75, 3.05) is 11.5 Å². The van der Waals surface area contributed by atoms with Crippen LogP contribution >= 0.6 is 23.2 Å². The number of pyridine rings is 1. The number of anilines is 1. The van der Waals surface area contributed by atoms with Crippen LogP contribution in [0, 0.1) is 0 Å². The molecule has 0 bridgehead atoms. The molecule has 132 valence electrons. The number of ether oxygens (including phenoxy) is 1. The van der Waals surface area contributed by atoms with Crippen LogP contribution in [-0.2, 0) is 11.3 Å². The van der Waals surface area contributed by atoms with Gasteiger partial charge in [-0.2, -0.15) is 0 Å². The van der Waals surface area contributed by atoms with Crippen LogP contribution in [0.2, 0.25) is 10.0 Å². The van der Waals surface area contributed by atoms with Gasteiger partial charge in [0.05, 0.1) is 6.54 Å². The van der Waals surface area contributed by atoms with Crippen LogP contribution in [0.15, 0.2) is 72.9 Å². The van der Waals surface area contributed by atoms with Crippen molar-refractivity contribution in [1.82, 2.24) is 4.98 Å². The summed E-state index contributed by atoms with van der Waals surface area (Å²) in [6.45, 7) is 0.183. The Morgan fingerprint density at radius 2 is 1.69 bits per heavy atom. The van der Waals surface area contributed by atoms with Crippen LogP contribution in [0.5, 0.6) is 5.75 Å². The number of rotatable bonds is 6. The Balaban J connectivity index is 1.77. The summed E-state index contributed by atoms with van der Waals surface area (Å²) in [5, 5.41) is 1.21. The summed E-state index contributed by atoms with van der Waals surface area (Å²) in [6.07, 6.45) is 1.64. The van der Waals surface area contributed by atoms with Gasteiger partial charge in [-0.15, -0.1) is 0 Å². The van der Waals surface area contributed by atoms with Crippen molar-refractivity contribution in [2.24, 2.45) is 0 Å². The largest absolute Gasteiger partial charge is 0.484 e. The zero-order chi connectivity index (χ0) is 18.4. The molecule has 2 aromatic carbocycles. The van der Waals surface area contributed by atoms with Crippen LogP contribution in [0.1, 0.15) is 5.56 Å². The maximum absolute atomic E-state index is 12.8. The van der Waals surface area contributed by atoms with E-state index in [1.165, 1.54) is 0 Å². The fourth-order valence-corrected chi connectivity index (χ4v) is 2.68. The number of benzene rings is 2. The maximum Gasteiger partial charge on any atom is 0.266 e. The van der Waals surface area contributed by atoms with Crippen molar-refractivity contribution in [3.8, 4) is 5.75 Å². The van der Waals surface area contributed by atoms with Crippen molar-refractivity contribution in [3.63, 3.8) is 0 Å². The number of carbonyl (C=O) groups excluding carboxylic acids is 1. The molecular formula is C20H16Cl2N2O2. The lowest BCUT2D eigenvalue weighted by atomic mass is 10.2. The van der Waals surface area contributed by atoms with Crippen molar-refractivity contribution in [3.05, 3.63) is 88.5 Å². The van der Waals surface area contributed by atoms with E-state index in [1.807, 2.05) is 24.3 Å². The van der Waals surface area contributed by atoms with E-state index in [9.17, 15) is 4.79 Å². The zero-order valence-corrected chi connectivity index (χ0v) is 15.3. The minimum Gasteiger partial charge on any atom is -0.484 e. The molecule has 0 radical (unpaired) electrons. The first-order chi connectivity index (χ1) is 12.6. The lowest BCUT2D eigenvalue weighted by molar-refractivity contribution is -0.120. The molecule has 4 nitrogen and oxygen atoms in total. The second kappa shape index (κ2) is 8.70. The SMILES string of the molecule is O=C(COc1ccc(Cl)cc1)N(Cc1ccccc1Cl)c1ccccn1. The number of carbonyl (C=O) groups is 1. The topological polar surface area (TPSA) is 42.4 Å². The Labute approximate surface area is 162 Å². The first-order valence-corrected chi connectivity index (χ1v) is 8.72. The van der Waals surface area contributed by atoms with Gasteiger partial charge in [-0.25, -0.2) is 4.98 Å². The van der Waals surface area contributed by atoms with E-state index in [4.69, 9.17) is 27.9 Å². The third-order valence-electron chi connectivity index (χ3n) is 3.69. The average molecular weight is 387 g/mol. The summed E-state index contributed by atoms with van der Waals surface area (Å²) in [6, 6.07) is 19.7. The highest BCUT2D eigenvalue weighted by molar-refractivity contribution is 6.31. The third-order valence-corrected chi connectivity index (χ3v) is 4.31. The Kier molecular flexibility index (Phi) is 6.10. The Bertz CT molecular complexity index is 870. The monoisotopic (exact) mass is 386 g/mol. The lowest BCUT2D eigenvalue weighted by Crippen LogP contribution is -2.35. The van der Waals surface area contributed by atoms with E-state index in [0.717, 1.165) is 5.56 Å². The number of nitrogens with zero attached hydrogens (tertiary/aromatic N) is 2. The second-order valence-electron chi connectivity index (χ2n) is 5.50. The molecular weight excluding hydrogens is 371 g/mol. The van der Waals surface area contributed by atoms with E-state index < -0.39 is 0 Å². The van der Waals surface area contributed by atoms with Crippen LogP contribution in [0.4, 0.5) is 5.82 Å². The van der Waals surface area contributed by atoms with E-state index in [0.29, 0.717) is 28.2 Å². The van der Waals surface area contributed by atoms with Crippen molar-refractivity contribution in [2.45, 2.75) is 6.54 Å². The average Bonchev–Trinajstić information content (AvgIpc) is 2.67. The quantitative estimate of drug-likeness (QED) is 0.598. The molecule has 0 aliphatic heterocycles. The Hall–Kier alpha value is -2.56. The molecule has 1 aromatic heterocycles. The first-order valence-electron chi connectivity index (χ1n) is 7.96. The van der Waals surface area contributed by atoms with E-state index in [2.05, 4.69) is 4.98 Å². The van der Waals surface area contributed by atoms with Gasteiger partial charge in [0, 0.05) is 16.2 Å². The van der Waals surface area contributed by atoms with E-state index >= 15 is 0 Å². The molecule has 3 aromatic rings. The van der Waals surface area contributed by atoms with Gasteiger partial charge in [-0.05, 0) is 48.0 Å².